The molecule has 0 spiro atoms. The number of amides is 1. The number of anilines is 2. The number of fused-ring (bicyclic) bond motifs is 1. The van der Waals surface area contributed by atoms with Crippen molar-refractivity contribution in [3.63, 3.8) is 0 Å². The number of aliphatic hydroxyl groups is 1. The highest BCUT2D eigenvalue weighted by Crippen LogP contribution is 2.35. The monoisotopic (exact) mass is 389 g/mol. The Hall–Kier alpha value is -2.00. The van der Waals surface area contributed by atoms with Gasteiger partial charge in [0.1, 0.15) is 4.83 Å². The first-order valence-corrected chi connectivity index (χ1v) is 10.1. The number of hydrogen-bond donors (Lipinski definition) is 2. The quantitative estimate of drug-likeness (QED) is 0.700. The Balaban J connectivity index is 1.52. The van der Waals surface area contributed by atoms with Crippen molar-refractivity contribution in [3.8, 4) is 0 Å². The summed E-state index contributed by atoms with van der Waals surface area (Å²) in [5, 5.41) is 13.3. The highest BCUT2D eigenvalue weighted by atomic mass is 32.1. The topological polar surface area (TPSA) is 74.7 Å². The minimum atomic E-state index is -0.0651. The summed E-state index contributed by atoms with van der Waals surface area (Å²) in [6.07, 6.45) is 0.537. The van der Waals surface area contributed by atoms with Crippen LogP contribution in [0.5, 0.6) is 0 Å². The smallest absolute Gasteiger partial charge is 0.264 e. The molecule has 1 aliphatic heterocycles. The molecule has 4 rings (SSSR count). The van der Waals surface area contributed by atoms with Crippen LogP contribution in [0.3, 0.4) is 0 Å². The summed E-state index contributed by atoms with van der Waals surface area (Å²) in [4.78, 5) is 20.9. The summed E-state index contributed by atoms with van der Waals surface area (Å²) in [6, 6.07) is 11.7. The minimum absolute atomic E-state index is 0.000446. The molecule has 2 aromatic heterocycles. The third kappa shape index (κ3) is 3.59. The normalized spacial score (nSPS) is 17.6. The fourth-order valence-corrected chi connectivity index (χ4v) is 5.08. The third-order valence-electron chi connectivity index (χ3n) is 4.28. The molecule has 3 aromatic rings. The zero-order valence-electron chi connectivity index (χ0n) is 14.1. The molecule has 3 heterocycles. The summed E-state index contributed by atoms with van der Waals surface area (Å²) < 4.78 is 6.45. The molecule has 1 fully saturated rings. The van der Waals surface area contributed by atoms with Crippen LogP contribution in [-0.2, 0) is 4.74 Å². The zero-order chi connectivity index (χ0) is 17.9. The number of thiophene rings is 1. The molecule has 1 amide bonds. The van der Waals surface area contributed by atoms with Crippen molar-refractivity contribution in [1.29, 1.82) is 0 Å². The second-order valence-electron chi connectivity index (χ2n) is 6.03. The average molecular weight is 390 g/mol. The lowest BCUT2D eigenvalue weighted by molar-refractivity contribution is -0.00804. The number of thiazole rings is 1. The van der Waals surface area contributed by atoms with Gasteiger partial charge in [0.25, 0.3) is 5.91 Å². The molecule has 2 N–H and O–H groups in total. The molecule has 6 nitrogen and oxygen atoms in total. The Kier molecular flexibility index (Phi) is 5.16. The first kappa shape index (κ1) is 17.4. The Morgan fingerprint density at radius 3 is 2.96 bits per heavy atom. The molecule has 1 saturated heterocycles. The minimum Gasteiger partial charge on any atom is -0.396 e. The van der Waals surface area contributed by atoms with Crippen molar-refractivity contribution in [2.45, 2.75) is 12.5 Å². The third-order valence-corrected chi connectivity index (χ3v) is 6.34. The van der Waals surface area contributed by atoms with E-state index in [4.69, 9.17) is 4.74 Å². The largest absolute Gasteiger partial charge is 0.396 e. The SMILES string of the molecule is O=C(c1cc2sc(Nc3ccccc3)nc2s1)N1CCOCC1CCO. The highest BCUT2D eigenvalue weighted by molar-refractivity contribution is 7.29. The molecule has 1 aliphatic rings. The van der Waals surface area contributed by atoms with Crippen LogP contribution in [0.1, 0.15) is 16.1 Å². The molecule has 8 heteroatoms. The van der Waals surface area contributed by atoms with E-state index >= 15 is 0 Å². The van der Waals surface area contributed by atoms with E-state index in [-0.39, 0.29) is 18.6 Å². The number of aromatic nitrogens is 1. The maximum atomic E-state index is 12.9. The number of carbonyl (C=O) groups is 1. The van der Waals surface area contributed by atoms with Crippen molar-refractivity contribution in [1.82, 2.24) is 9.88 Å². The van der Waals surface area contributed by atoms with Crippen LogP contribution in [-0.4, -0.2) is 53.3 Å². The van der Waals surface area contributed by atoms with Crippen LogP contribution in [0.2, 0.25) is 0 Å². The Labute approximate surface area is 159 Å². The van der Waals surface area contributed by atoms with Gasteiger partial charge in [-0.1, -0.05) is 29.5 Å². The molecule has 1 atom stereocenters. The van der Waals surface area contributed by atoms with E-state index in [1.807, 2.05) is 41.3 Å². The van der Waals surface area contributed by atoms with Crippen LogP contribution in [0, 0.1) is 0 Å². The number of nitrogens with zero attached hydrogens (tertiary/aromatic N) is 2. The van der Waals surface area contributed by atoms with E-state index in [1.54, 1.807) is 11.3 Å². The molecular weight excluding hydrogens is 370 g/mol. The molecule has 0 radical (unpaired) electrons. The van der Waals surface area contributed by atoms with Crippen molar-refractivity contribution in [2.75, 3.05) is 31.7 Å². The Morgan fingerprint density at radius 1 is 1.35 bits per heavy atom. The van der Waals surface area contributed by atoms with Gasteiger partial charge in [-0.2, -0.15) is 0 Å². The Bertz CT molecular complexity index is 860. The van der Waals surface area contributed by atoms with E-state index in [0.29, 0.717) is 31.1 Å². The van der Waals surface area contributed by atoms with E-state index in [0.717, 1.165) is 20.3 Å². The van der Waals surface area contributed by atoms with E-state index in [2.05, 4.69) is 10.3 Å². The van der Waals surface area contributed by atoms with Crippen LogP contribution < -0.4 is 5.32 Å². The summed E-state index contributed by atoms with van der Waals surface area (Å²) in [7, 11) is 0. The number of nitrogens with one attached hydrogen (secondary N) is 1. The van der Waals surface area contributed by atoms with E-state index < -0.39 is 0 Å². The first-order valence-electron chi connectivity index (χ1n) is 8.46. The van der Waals surface area contributed by atoms with Crippen LogP contribution in [0.4, 0.5) is 10.8 Å². The van der Waals surface area contributed by atoms with Gasteiger partial charge in [-0.05, 0) is 24.6 Å². The molecular formula is C18H19N3O3S2. The maximum absolute atomic E-state index is 12.9. The van der Waals surface area contributed by atoms with Crippen LogP contribution >= 0.6 is 22.7 Å². The number of aliphatic hydroxyl groups excluding tert-OH is 1. The van der Waals surface area contributed by atoms with Gasteiger partial charge in [-0.15, -0.1) is 11.3 Å². The van der Waals surface area contributed by atoms with Gasteiger partial charge >= 0.3 is 0 Å². The van der Waals surface area contributed by atoms with Gasteiger partial charge in [0.05, 0.1) is 28.8 Å². The van der Waals surface area contributed by atoms with Crippen LogP contribution in [0.25, 0.3) is 9.53 Å². The molecule has 26 heavy (non-hydrogen) atoms. The number of para-hydroxylation sites is 1. The summed E-state index contributed by atoms with van der Waals surface area (Å²) in [6.45, 7) is 1.63. The second-order valence-corrected chi connectivity index (χ2v) is 8.09. The number of morpholine rings is 1. The molecule has 0 bridgehead atoms. The number of hydrogen-bond acceptors (Lipinski definition) is 7. The molecule has 136 valence electrons. The summed E-state index contributed by atoms with van der Waals surface area (Å²) >= 11 is 2.96. The lowest BCUT2D eigenvalue weighted by Gasteiger charge is -2.35. The molecule has 1 unspecified atom stereocenters. The Morgan fingerprint density at radius 2 is 2.19 bits per heavy atom. The van der Waals surface area contributed by atoms with Crippen molar-refractivity contribution in [3.05, 3.63) is 41.3 Å². The second kappa shape index (κ2) is 7.71. The van der Waals surface area contributed by atoms with Gasteiger partial charge in [-0.25, -0.2) is 4.98 Å². The zero-order valence-corrected chi connectivity index (χ0v) is 15.7. The predicted molar refractivity (Wildman–Crippen MR) is 105 cm³/mol. The lowest BCUT2D eigenvalue weighted by atomic mass is 10.1. The van der Waals surface area contributed by atoms with Gasteiger partial charge in [0, 0.05) is 18.8 Å². The standard InChI is InChI=1S/C18H19N3O3S2/c22-8-6-13-11-24-9-7-21(13)17(23)15-10-14-16(25-15)20-18(26-14)19-12-4-2-1-3-5-12/h1-5,10,13,22H,6-9,11H2,(H,19,20). The average Bonchev–Trinajstić information content (AvgIpc) is 3.21. The summed E-state index contributed by atoms with van der Waals surface area (Å²) in [5.74, 6) is -0.000446. The van der Waals surface area contributed by atoms with Gasteiger partial charge in [0.2, 0.25) is 0 Å². The predicted octanol–water partition coefficient (Wildman–Crippen LogP) is 3.32. The molecule has 1 aromatic carbocycles. The lowest BCUT2D eigenvalue weighted by Crippen LogP contribution is -2.48. The maximum Gasteiger partial charge on any atom is 0.264 e. The van der Waals surface area contributed by atoms with Crippen molar-refractivity contribution < 1.29 is 14.6 Å². The molecule has 0 saturated carbocycles. The highest BCUT2D eigenvalue weighted by Gasteiger charge is 2.29. The number of benzene rings is 1. The van der Waals surface area contributed by atoms with Gasteiger partial charge in [-0.3, -0.25) is 4.79 Å². The fraction of sp³-hybridized carbons (Fsp3) is 0.333. The van der Waals surface area contributed by atoms with E-state index in [9.17, 15) is 9.90 Å². The first-order chi connectivity index (χ1) is 12.7. The fourth-order valence-electron chi connectivity index (χ4n) is 2.99. The van der Waals surface area contributed by atoms with Crippen molar-refractivity contribution in [2.24, 2.45) is 0 Å². The van der Waals surface area contributed by atoms with E-state index in [1.165, 1.54) is 11.3 Å². The number of ether oxygens (including phenoxy) is 1. The summed E-state index contributed by atoms with van der Waals surface area (Å²) in [5.41, 5.74) is 0.991. The molecule has 0 aliphatic carbocycles. The van der Waals surface area contributed by atoms with Crippen molar-refractivity contribution >= 4 is 48.9 Å². The van der Waals surface area contributed by atoms with Gasteiger partial charge in [0.15, 0.2) is 5.13 Å². The van der Waals surface area contributed by atoms with Gasteiger partial charge < -0.3 is 20.1 Å². The number of rotatable bonds is 5. The number of carbonyl (C=O) groups excluding carboxylic acids is 1. The van der Waals surface area contributed by atoms with Crippen LogP contribution in [0.15, 0.2) is 36.4 Å².